The Morgan fingerprint density at radius 1 is 1.29 bits per heavy atom. The predicted molar refractivity (Wildman–Crippen MR) is 63.9 cm³/mol. The Kier molecular flexibility index (Phi) is 2.44. The fraction of sp³-hybridized carbons (Fsp3) is 0.385. The Hall–Kier alpha value is -1.35. The fourth-order valence-electron chi connectivity index (χ4n) is 2.74. The number of amides is 1. The van der Waals surface area contributed by atoms with E-state index in [1.165, 1.54) is 5.56 Å². The third-order valence-electron chi connectivity index (χ3n) is 3.55. The van der Waals surface area contributed by atoms with Crippen molar-refractivity contribution < 1.29 is 9.59 Å². The molecule has 0 bridgehead atoms. The maximum atomic E-state index is 11.8. The van der Waals surface area contributed by atoms with Gasteiger partial charge in [-0.2, -0.15) is 0 Å². The van der Waals surface area contributed by atoms with Crippen LogP contribution in [0.3, 0.4) is 0 Å². The van der Waals surface area contributed by atoms with Crippen LogP contribution in [0, 0.1) is 0 Å². The van der Waals surface area contributed by atoms with E-state index >= 15 is 0 Å². The molecule has 17 heavy (non-hydrogen) atoms. The second-order valence-corrected chi connectivity index (χ2v) is 5.05. The van der Waals surface area contributed by atoms with Gasteiger partial charge in [-0.3, -0.25) is 9.59 Å². The van der Waals surface area contributed by atoms with E-state index in [4.69, 9.17) is 11.6 Å². The van der Waals surface area contributed by atoms with Crippen LogP contribution in [0.25, 0.3) is 0 Å². The largest absolute Gasteiger partial charge is 0.334 e. The summed E-state index contributed by atoms with van der Waals surface area (Å²) >= 11 is 5.99. The van der Waals surface area contributed by atoms with Crippen LogP contribution < -0.4 is 0 Å². The highest BCUT2D eigenvalue weighted by molar-refractivity contribution is 6.30. The van der Waals surface area contributed by atoms with Crippen molar-refractivity contribution >= 4 is 23.3 Å². The zero-order chi connectivity index (χ0) is 12.0. The molecular weight excluding hydrogens is 238 g/mol. The van der Waals surface area contributed by atoms with E-state index in [9.17, 15) is 9.59 Å². The molecule has 0 N–H and O–H groups in total. The standard InChI is InChI=1S/C13H12ClNO2/c14-9-2-1-8-3-4-15-12(11(8)5-9)6-10(16)7-13(15)17/h1-2,5,12H,3-4,6-7H2. The van der Waals surface area contributed by atoms with Crippen LogP contribution in [-0.2, 0) is 16.0 Å². The van der Waals surface area contributed by atoms with Crippen molar-refractivity contribution in [2.24, 2.45) is 0 Å². The van der Waals surface area contributed by atoms with Gasteiger partial charge in [0.2, 0.25) is 5.91 Å². The quantitative estimate of drug-likeness (QED) is 0.661. The minimum Gasteiger partial charge on any atom is -0.334 e. The molecule has 2 aliphatic heterocycles. The molecule has 2 heterocycles. The number of hydrogen-bond acceptors (Lipinski definition) is 2. The number of carbonyl (C=O) groups excluding carboxylic acids is 2. The minimum absolute atomic E-state index is 0.0316. The summed E-state index contributed by atoms with van der Waals surface area (Å²) in [7, 11) is 0. The molecule has 1 aromatic rings. The number of ketones is 1. The van der Waals surface area contributed by atoms with E-state index in [2.05, 4.69) is 0 Å². The summed E-state index contributed by atoms with van der Waals surface area (Å²) in [6.45, 7) is 0.714. The molecule has 88 valence electrons. The van der Waals surface area contributed by atoms with Gasteiger partial charge in [-0.15, -0.1) is 0 Å². The number of carbonyl (C=O) groups is 2. The first-order valence-corrected chi connectivity index (χ1v) is 6.12. The lowest BCUT2D eigenvalue weighted by atomic mass is 9.86. The van der Waals surface area contributed by atoms with Crippen molar-refractivity contribution in [2.75, 3.05) is 6.54 Å². The van der Waals surface area contributed by atoms with Crippen LogP contribution in [0.5, 0.6) is 0 Å². The molecule has 1 amide bonds. The smallest absolute Gasteiger partial charge is 0.230 e. The molecule has 1 fully saturated rings. The summed E-state index contributed by atoms with van der Waals surface area (Å²) in [4.78, 5) is 25.2. The number of Topliss-reactive ketones (excluding diaryl/α,β-unsaturated/α-hetero) is 1. The normalized spacial score (nSPS) is 23.4. The summed E-state index contributed by atoms with van der Waals surface area (Å²) in [6.07, 6.45) is 1.34. The average Bonchev–Trinajstić information content (AvgIpc) is 2.28. The zero-order valence-electron chi connectivity index (χ0n) is 9.28. The molecular formula is C13H12ClNO2. The molecule has 0 spiro atoms. The molecule has 0 radical (unpaired) electrons. The van der Waals surface area contributed by atoms with E-state index in [0.29, 0.717) is 18.0 Å². The van der Waals surface area contributed by atoms with Crippen molar-refractivity contribution in [1.82, 2.24) is 4.90 Å². The van der Waals surface area contributed by atoms with Gasteiger partial charge in [0.15, 0.2) is 0 Å². The van der Waals surface area contributed by atoms with Crippen molar-refractivity contribution in [3.63, 3.8) is 0 Å². The number of piperidine rings is 1. The second-order valence-electron chi connectivity index (χ2n) is 4.62. The van der Waals surface area contributed by atoms with Gasteiger partial charge in [0.25, 0.3) is 0 Å². The molecule has 4 heteroatoms. The first-order chi connectivity index (χ1) is 8.15. The highest BCUT2D eigenvalue weighted by atomic mass is 35.5. The van der Waals surface area contributed by atoms with Crippen LogP contribution in [-0.4, -0.2) is 23.1 Å². The first-order valence-electron chi connectivity index (χ1n) is 5.74. The SMILES string of the molecule is O=C1CC(=O)N2CCc3ccc(Cl)cc3C2C1. The lowest BCUT2D eigenvalue weighted by molar-refractivity contribution is -0.143. The van der Waals surface area contributed by atoms with E-state index in [1.54, 1.807) is 0 Å². The molecule has 1 saturated heterocycles. The van der Waals surface area contributed by atoms with Gasteiger partial charge >= 0.3 is 0 Å². The van der Waals surface area contributed by atoms with Gasteiger partial charge < -0.3 is 4.90 Å². The molecule has 3 nitrogen and oxygen atoms in total. The van der Waals surface area contributed by atoms with Gasteiger partial charge in [-0.1, -0.05) is 17.7 Å². The molecule has 0 saturated carbocycles. The van der Waals surface area contributed by atoms with Crippen LogP contribution in [0.15, 0.2) is 18.2 Å². The summed E-state index contributed by atoms with van der Waals surface area (Å²) in [5.41, 5.74) is 2.25. The highest BCUT2D eigenvalue weighted by Crippen LogP contribution is 2.37. The van der Waals surface area contributed by atoms with Crippen LogP contribution in [0.2, 0.25) is 5.02 Å². The summed E-state index contributed by atoms with van der Waals surface area (Å²) in [5, 5.41) is 0.663. The van der Waals surface area contributed by atoms with Gasteiger partial charge in [0.05, 0.1) is 12.5 Å². The fourth-order valence-corrected chi connectivity index (χ4v) is 2.93. The van der Waals surface area contributed by atoms with Crippen LogP contribution >= 0.6 is 11.6 Å². The van der Waals surface area contributed by atoms with E-state index in [-0.39, 0.29) is 24.2 Å². The molecule has 0 aliphatic carbocycles. The maximum Gasteiger partial charge on any atom is 0.230 e. The Bertz CT molecular complexity index is 512. The third kappa shape index (κ3) is 1.75. The van der Waals surface area contributed by atoms with E-state index in [1.807, 2.05) is 23.1 Å². The molecule has 1 unspecified atom stereocenters. The summed E-state index contributed by atoms with van der Waals surface area (Å²) in [6, 6.07) is 5.66. The average molecular weight is 250 g/mol. The molecule has 3 rings (SSSR count). The number of nitrogens with zero attached hydrogens (tertiary/aromatic N) is 1. The highest BCUT2D eigenvalue weighted by Gasteiger charge is 2.36. The van der Waals surface area contributed by atoms with Crippen LogP contribution in [0.1, 0.15) is 30.0 Å². The number of halogens is 1. The van der Waals surface area contributed by atoms with Crippen molar-refractivity contribution in [1.29, 1.82) is 0 Å². The van der Waals surface area contributed by atoms with E-state index < -0.39 is 0 Å². The van der Waals surface area contributed by atoms with Crippen molar-refractivity contribution in [3.8, 4) is 0 Å². The Balaban J connectivity index is 2.06. The molecule has 0 aromatic heterocycles. The predicted octanol–water partition coefficient (Wildman–Crippen LogP) is 2.13. The van der Waals surface area contributed by atoms with Crippen molar-refractivity contribution in [3.05, 3.63) is 34.3 Å². The van der Waals surface area contributed by atoms with Crippen molar-refractivity contribution in [2.45, 2.75) is 25.3 Å². The van der Waals surface area contributed by atoms with Gasteiger partial charge in [-0.25, -0.2) is 0 Å². The monoisotopic (exact) mass is 249 g/mol. The second kappa shape index (κ2) is 3.84. The Morgan fingerprint density at radius 2 is 2.12 bits per heavy atom. The van der Waals surface area contributed by atoms with Crippen LogP contribution in [0.4, 0.5) is 0 Å². The topological polar surface area (TPSA) is 37.4 Å². The maximum absolute atomic E-state index is 11.8. The van der Waals surface area contributed by atoms with Gasteiger partial charge in [0, 0.05) is 18.0 Å². The van der Waals surface area contributed by atoms with Gasteiger partial charge in [-0.05, 0) is 29.7 Å². The lowest BCUT2D eigenvalue weighted by Crippen LogP contribution is -2.45. The molecule has 1 atom stereocenters. The first kappa shape index (κ1) is 10.8. The minimum atomic E-state index is -0.0915. The zero-order valence-corrected chi connectivity index (χ0v) is 10.0. The molecule has 1 aromatic carbocycles. The number of rotatable bonds is 0. The Morgan fingerprint density at radius 3 is 2.94 bits per heavy atom. The summed E-state index contributed by atoms with van der Waals surface area (Å²) in [5.74, 6) is -0.0130. The number of hydrogen-bond donors (Lipinski definition) is 0. The third-order valence-corrected chi connectivity index (χ3v) is 3.79. The van der Waals surface area contributed by atoms with E-state index in [0.717, 1.165) is 12.0 Å². The Labute approximate surface area is 104 Å². The molecule has 2 aliphatic rings. The summed E-state index contributed by atoms with van der Waals surface area (Å²) < 4.78 is 0. The number of fused-ring (bicyclic) bond motifs is 3. The number of benzene rings is 1. The lowest BCUT2D eigenvalue weighted by Gasteiger charge is -2.40. The van der Waals surface area contributed by atoms with Gasteiger partial charge in [0.1, 0.15) is 5.78 Å².